The molecule has 0 bridgehead atoms. The van der Waals surface area contributed by atoms with Gasteiger partial charge in [0.25, 0.3) is 5.56 Å². The van der Waals surface area contributed by atoms with Gasteiger partial charge in [0.1, 0.15) is 10.4 Å². The summed E-state index contributed by atoms with van der Waals surface area (Å²) in [5.41, 5.74) is 3.65. The molecule has 33 heavy (non-hydrogen) atoms. The molecule has 0 unspecified atom stereocenters. The van der Waals surface area contributed by atoms with Gasteiger partial charge in [-0.25, -0.2) is 4.98 Å². The molecular formula is C25H23N3O3S2. The molecule has 0 fully saturated rings. The molecule has 0 spiro atoms. The number of rotatable bonds is 6. The zero-order valence-corrected chi connectivity index (χ0v) is 19.8. The molecule has 0 saturated heterocycles. The smallest absolute Gasteiger partial charge is 0.272 e. The summed E-state index contributed by atoms with van der Waals surface area (Å²) in [5, 5.41) is 2.41. The second-order valence-corrected chi connectivity index (χ2v) is 9.66. The zero-order chi connectivity index (χ0) is 22.8. The lowest BCUT2D eigenvalue weighted by Gasteiger charge is -2.29. The highest BCUT2D eigenvalue weighted by atomic mass is 32.2. The van der Waals surface area contributed by atoms with Gasteiger partial charge >= 0.3 is 0 Å². The Balaban J connectivity index is 1.45. The predicted molar refractivity (Wildman–Crippen MR) is 134 cm³/mol. The molecule has 168 valence electrons. The van der Waals surface area contributed by atoms with Gasteiger partial charge in [-0.3, -0.25) is 14.2 Å². The van der Waals surface area contributed by atoms with Crippen molar-refractivity contribution in [2.75, 3.05) is 24.3 Å². The molecule has 3 heterocycles. The molecule has 5 rings (SSSR count). The minimum atomic E-state index is -0.0980. The number of nitrogens with zero attached hydrogens (tertiary/aromatic N) is 3. The van der Waals surface area contributed by atoms with Crippen LogP contribution in [0, 0.1) is 0 Å². The number of hydrogen-bond acceptors (Lipinski definition) is 6. The van der Waals surface area contributed by atoms with E-state index < -0.39 is 0 Å². The number of hydrogen-bond donors (Lipinski definition) is 0. The largest absolute Gasteiger partial charge is 0.496 e. The van der Waals surface area contributed by atoms with Crippen molar-refractivity contribution in [3.63, 3.8) is 0 Å². The van der Waals surface area contributed by atoms with Crippen molar-refractivity contribution in [2.24, 2.45) is 0 Å². The monoisotopic (exact) mass is 477 g/mol. The van der Waals surface area contributed by atoms with Gasteiger partial charge in [-0.15, -0.1) is 11.3 Å². The fourth-order valence-electron chi connectivity index (χ4n) is 4.17. The average Bonchev–Trinajstić information content (AvgIpc) is 3.33. The van der Waals surface area contributed by atoms with Crippen molar-refractivity contribution in [3.05, 3.63) is 81.5 Å². The third kappa shape index (κ3) is 4.28. The highest BCUT2D eigenvalue weighted by molar-refractivity contribution is 7.99. The Morgan fingerprint density at radius 3 is 2.85 bits per heavy atom. The number of methoxy groups -OCH3 is 1. The Morgan fingerprint density at radius 1 is 1.15 bits per heavy atom. The molecule has 6 nitrogen and oxygen atoms in total. The fraction of sp³-hybridized carbons (Fsp3) is 0.240. The molecule has 0 aliphatic carbocycles. The SMILES string of the molecule is COc1ccccc1Cn1c(SCC(=O)N2CCCc3ccccc32)nc2ccsc2c1=O. The Bertz CT molecular complexity index is 1380. The summed E-state index contributed by atoms with van der Waals surface area (Å²) in [6.07, 6.45) is 1.94. The number of amides is 1. The standard InChI is InChI=1S/C25H23N3O3S2/c1-31-21-11-5-3-8-18(21)15-28-24(30)23-19(12-14-32-23)26-25(28)33-16-22(29)27-13-6-9-17-7-2-4-10-20(17)27/h2-5,7-8,10-12,14H,6,9,13,15-16H2,1H3. The summed E-state index contributed by atoms with van der Waals surface area (Å²) in [4.78, 5) is 33.1. The fourth-order valence-corrected chi connectivity index (χ4v) is 5.83. The van der Waals surface area contributed by atoms with Crippen LogP contribution in [-0.4, -0.2) is 34.9 Å². The predicted octanol–water partition coefficient (Wildman–Crippen LogP) is 4.59. The lowest BCUT2D eigenvalue weighted by molar-refractivity contribution is -0.116. The van der Waals surface area contributed by atoms with E-state index in [4.69, 9.17) is 9.72 Å². The number of carbonyl (C=O) groups excluding carboxylic acids is 1. The van der Waals surface area contributed by atoms with Gasteiger partial charge in [-0.2, -0.15) is 0 Å². The number of thiophene rings is 1. The van der Waals surface area contributed by atoms with Gasteiger partial charge in [-0.1, -0.05) is 48.2 Å². The minimum Gasteiger partial charge on any atom is -0.496 e. The first kappa shape index (κ1) is 21.7. The summed E-state index contributed by atoms with van der Waals surface area (Å²) in [6, 6.07) is 17.5. The van der Waals surface area contributed by atoms with Crippen LogP contribution in [0.25, 0.3) is 10.2 Å². The minimum absolute atomic E-state index is 0.0238. The van der Waals surface area contributed by atoms with E-state index in [1.54, 1.807) is 11.7 Å². The maximum absolute atomic E-state index is 13.3. The second-order valence-electron chi connectivity index (χ2n) is 7.80. The van der Waals surface area contributed by atoms with Crippen LogP contribution in [0.2, 0.25) is 0 Å². The normalized spacial score (nSPS) is 13.2. The first-order valence-corrected chi connectivity index (χ1v) is 12.6. The topological polar surface area (TPSA) is 64.4 Å². The quantitative estimate of drug-likeness (QED) is 0.300. The van der Waals surface area contributed by atoms with Crippen molar-refractivity contribution in [1.82, 2.24) is 9.55 Å². The molecule has 0 N–H and O–H groups in total. The Labute approximate surface area is 199 Å². The zero-order valence-electron chi connectivity index (χ0n) is 18.2. The van der Waals surface area contributed by atoms with Gasteiger partial charge in [0, 0.05) is 17.8 Å². The van der Waals surface area contributed by atoms with Crippen LogP contribution in [0.15, 0.2) is 69.9 Å². The van der Waals surface area contributed by atoms with E-state index in [0.29, 0.717) is 34.2 Å². The van der Waals surface area contributed by atoms with Gasteiger partial charge in [0.2, 0.25) is 5.91 Å². The van der Waals surface area contributed by atoms with Crippen LogP contribution in [0.1, 0.15) is 17.5 Å². The van der Waals surface area contributed by atoms with E-state index in [-0.39, 0.29) is 17.2 Å². The third-order valence-electron chi connectivity index (χ3n) is 5.79. The van der Waals surface area contributed by atoms with Gasteiger partial charge in [-0.05, 0) is 42.0 Å². The van der Waals surface area contributed by atoms with Gasteiger partial charge in [0.05, 0.1) is 24.9 Å². The van der Waals surface area contributed by atoms with E-state index >= 15 is 0 Å². The summed E-state index contributed by atoms with van der Waals surface area (Å²) in [5.74, 6) is 0.950. The Hall–Kier alpha value is -3.10. The number of aryl methyl sites for hydroxylation is 1. The molecule has 1 aliphatic heterocycles. The number of carbonyl (C=O) groups is 1. The van der Waals surface area contributed by atoms with Crippen LogP contribution >= 0.6 is 23.1 Å². The molecule has 1 amide bonds. The number of anilines is 1. The number of thioether (sulfide) groups is 1. The molecule has 0 saturated carbocycles. The van der Waals surface area contributed by atoms with Crippen molar-refractivity contribution >= 4 is 44.9 Å². The maximum Gasteiger partial charge on any atom is 0.272 e. The maximum atomic E-state index is 13.3. The highest BCUT2D eigenvalue weighted by Gasteiger charge is 2.23. The number of ether oxygens (including phenoxy) is 1. The first-order chi connectivity index (χ1) is 16.2. The van der Waals surface area contributed by atoms with E-state index in [1.807, 2.05) is 58.8 Å². The Kier molecular flexibility index (Phi) is 6.20. The number of benzene rings is 2. The molecule has 1 aliphatic rings. The number of para-hydroxylation sites is 2. The van der Waals surface area contributed by atoms with Crippen molar-refractivity contribution < 1.29 is 9.53 Å². The van der Waals surface area contributed by atoms with Crippen LogP contribution < -0.4 is 15.2 Å². The van der Waals surface area contributed by atoms with Crippen LogP contribution in [-0.2, 0) is 17.8 Å². The van der Waals surface area contributed by atoms with E-state index in [9.17, 15) is 9.59 Å². The van der Waals surface area contributed by atoms with Crippen molar-refractivity contribution in [1.29, 1.82) is 0 Å². The van der Waals surface area contributed by atoms with Gasteiger partial charge < -0.3 is 9.64 Å². The van der Waals surface area contributed by atoms with Crippen molar-refractivity contribution in [2.45, 2.75) is 24.5 Å². The number of fused-ring (bicyclic) bond motifs is 2. The van der Waals surface area contributed by atoms with E-state index in [2.05, 4.69) is 6.07 Å². The first-order valence-electron chi connectivity index (χ1n) is 10.8. The molecule has 8 heteroatoms. The van der Waals surface area contributed by atoms with E-state index in [0.717, 1.165) is 24.1 Å². The van der Waals surface area contributed by atoms with Gasteiger partial charge in [0.15, 0.2) is 5.16 Å². The molecule has 0 atom stereocenters. The van der Waals surface area contributed by atoms with E-state index in [1.165, 1.54) is 28.7 Å². The summed E-state index contributed by atoms with van der Waals surface area (Å²) in [7, 11) is 1.62. The number of aromatic nitrogens is 2. The summed E-state index contributed by atoms with van der Waals surface area (Å²) < 4.78 is 7.75. The molecular weight excluding hydrogens is 454 g/mol. The molecule has 2 aromatic heterocycles. The van der Waals surface area contributed by atoms with Crippen LogP contribution in [0.3, 0.4) is 0 Å². The summed E-state index contributed by atoms with van der Waals surface area (Å²) in [6.45, 7) is 1.04. The van der Waals surface area contributed by atoms with Crippen molar-refractivity contribution in [3.8, 4) is 5.75 Å². The second kappa shape index (κ2) is 9.41. The van der Waals surface area contributed by atoms with Crippen LogP contribution in [0.5, 0.6) is 5.75 Å². The van der Waals surface area contributed by atoms with Crippen LogP contribution in [0.4, 0.5) is 5.69 Å². The highest BCUT2D eigenvalue weighted by Crippen LogP contribution is 2.29. The third-order valence-corrected chi connectivity index (χ3v) is 7.64. The molecule has 0 radical (unpaired) electrons. The Morgan fingerprint density at radius 2 is 1.97 bits per heavy atom. The molecule has 4 aromatic rings. The average molecular weight is 478 g/mol. The lowest BCUT2D eigenvalue weighted by Crippen LogP contribution is -2.36. The molecule has 2 aromatic carbocycles. The lowest BCUT2D eigenvalue weighted by atomic mass is 10.0. The summed E-state index contributed by atoms with van der Waals surface area (Å²) >= 11 is 2.70.